The smallest absolute Gasteiger partial charge is 0.338 e. The topological polar surface area (TPSA) is 131 Å². The lowest BCUT2D eigenvalue weighted by Gasteiger charge is -2.25. The third kappa shape index (κ3) is 6.75. The maximum absolute atomic E-state index is 14.0. The Morgan fingerprint density at radius 3 is 2.43 bits per heavy atom. The monoisotopic (exact) mass is 707 g/mol. The van der Waals surface area contributed by atoms with E-state index in [-0.39, 0.29) is 30.0 Å². The Bertz CT molecular complexity index is 2020. The number of non-ortho nitro benzene ring substituents is 1. The fourth-order valence-electron chi connectivity index (χ4n) is 4.99. The lowest BCUT2D eigenvalue weighted by atomic mass is 9.96. The van der Waals surface area contributed by atoms with Gasteiger partial charge in [0.15, 0.2) is 16.3 Å². The van der Waals surface area contributed by atoms with Crippen molar-refractivity contribution in [1.82, 2.24) is 4.57 Å². The quantitative estimate of drug-likeness (QED) is 0.114. The number of fused-ring (bicyclic) bond motifs is 1. The number of methoxy groups -OCH3 is 1. The van der Waals surface area contributed by atoms with E-state index in [1.165, 1.54) is 28.0 Å². The molecule has 13 heteroatoms. The molecule has 0 aliphatic carbocycles. The third-order valence-electron chi connectivity index (χ3n) is 7.12. The Balaban J connectivity index is 1.53. The van der Waals surface area contributed by atoms with E-state index in [2.05, 4.69) is 20.9 Å². The Morgan fingerprint density at radius 1 is 1.04 bits per heavy atom. The minimum atomic E-state index is -0.770. The molecule has 0 radical (unpaired) electrons. The number of halogens is 1. The maximum Gasteiger partial charge on any atom is 0.338 e. The summed E-state index contributed by atoms with van der Waals surface area (Å²) in [7, 11) is 1.56. The molecule has 5 rings (SSSR count). The maximum atomic E-state index is 14.0. The number of thiazole rings is 1. The summed E-state index contributed by atoms with van der Waals surface area (Å²) in [6, 6.07) is 16.1. The average molecular weight is 709 g/mol. The molecule has 0 bridgehead atoms. The number of hydrogen-bond acceptors (Lipinski definition) is 10. The molecule has 1 atom stereocenters. The van der Waals surface area contributed by atoms with Crippen LogP contribution < -0.4 is 29.1 Å². The summed E-state index contributed by atoms with van der Waals surface area (Å²) in [4.78, 5) is 42.8. The highest BCUT2D eigenvalue weighted by Gasteiger charge is 2.33. The molecule has 1 aliphatic heterocycles. The van der Waals surface area contributed by atoms with Gasteiger partial charge < -0.3 is 18.9 Å². The molecule has 0 amide bonds. The number of carbonyl (C=O) groups is 1. The van der Waals surface area contributed by atoms with Crippen molar-refractivity contribution in [2.75, 3.05) is 20.3 Å². The number of hydrogen-bond donors (Lipinski definition) is 0. The fourth-order valence-corrected chi connectivity index (χ4v) is 6.59. The standard InChI is InChI=1S/C33H30BrN3O8S/c1-5-43-27-15-21(9-13-26(27)45-18-20-7-11-23(12-8-20)37(40)41)16-28-31(38)36-30(22-10-14-25(42-4)24(34)17-22)29(32(39)44-6-2)19(3)35-33(36)46-28/h7-17,30H,5-6,18H2,1-4H3/b28-16+/t30-/m0/s1. The van der Waals surface area contributed by atoms with Crippen LogP contribution in [0.2, 0.25) is 0 Å². The van der Waals surface area contributed by atoms with Crippen molar-refractivity contribution < 1.29 is 28.7 Å². The largest absolute Gasteiger partial charge is 0.496 e. The van der Waals surface area contributed by atoms with E-state index in [0.29, 0.717) is 54.5 Å². The molecule has 0 saturated carbocycles. The predicted molar refractivity (Wildman–Crippen MR) is 176 cm³/mol. The van der Waals surface area contributed by atoms with Crippen LogP contribution in [0.4, 0.5) is 5.69 Å². The SMILES string of the molecule is CCOC(=O)C1=C(C)N=c2s/c(=C/c3ccc(OCc4ccc([N+](=O)[O-])cc4)c(OCC)c3)c(=O)n2[C@H]1c1ccc(OC)c(Br)c1. The van der Waals surface area contributed by atoms with Crippen LogP contribution in [0.5, 0.6) is 17.2 Å². The number of carbonyl (C=O) groups excluding carboxylic acids is 1. The lowest BCUT2D eigenvalue weighted by Crippen LogP contribution is -2.39. The fraction of sp³-hybridized carbons (Fsp3) is 0.242. The van der Waals surface area contributed by atoms with E-state index in [1.54, 1.807) is 63.4 Å². The van der Waals surface area contributed by atoms with E-state index < -0.39 is 16.9 Å². The summed E-state index contributed by atoms with van der Waals surface area (Å²) in [5.74, 6) is 1.03. The minimum Gasteiger partial charge on any atom is -0.496 e. The molecule has 0 unspecified atom stereocenters. The van der Waals surface area contributed by atoms with Crippen LogP contribution in [0, 0.1) is 10.1 Å². The molecule has 0 spiro atoms. The van der Waals surface area contributed by atoms with Crippen molar-refractivity contribution in [2.45, 2.75) is 33.4 Å². The van der Waals surface area contributed by atoms with Crippen LogP contribution in [-0.4, -0.2) is 35.8 Å². The number of nitrogens with zero attached hydrogens (tertiary/aromatic N) is 3. The average Bonchev–Trinajstić information content (AvgIpc) is 3.34. The third-order valence-corrected chi connectivity index (χ3v) is 8.72. The highest BCUT2D eigenvalue weighted by atomic mass is 79.9. The summed E-state index contributed by atoms with van der Waals surface area (Å²) >= 11 is 4.74. The first-order valence-electron chi connectivity index (χ1n) is 14.3. The first kappa shape index (κ1) is 32.6. The van der Waals surface area contributed by atoms with E-state index in [9.17, 15) is 19.7 Å². The van der Waals surface area contributed by atoms with Gasteiger partial charge in [-0.3, -0.25) is 19.5 Å². The van der Waals surface area contributed by atoms with Crippen molar-refractivity contribution in [3.05, 3.63) is 123 Å². The predicted octanol–water partition coefficient (Wildman–Crippen LogP) is 5.46. The molecule has 46 heavy (non-hydrogen) atoms. The molecule has 0 N–H and O–H groups in total. The first-order chi connectivity index (χ1) is 22.1. The molecule has 0 fully saturated rings. The molecule has 1 aromatic heterocycles. The Hall–Kier alpha value is -4.75. The summed E-state index contributed by atoms with van der Waals surface area (Å²) < 4.78 is 25.2. The molecular weight excluding hydrogens is 678 g/mol. The van der Waals surface area contributed by atoms with Gasteiger partial charge in [0, 0.05) is 12.1 Å². The second-order valence-corrected chi connectivity index (χ2v) is 11.9. The van der Waals surface area contributed by atoms with Gasteiger partial charge in [0.25, 0.3) is 11.2 Å². The highest BCUT2D eigenvalue weighted by Crippen LogP contribution is 2.35. The van der Waals surface area contributed by atoms with Gasteiger partial charge in [-0.2, -0.15) is 0 Å². The highest BCUT2D eigenvalue weighted by molar-refractivity contribution is 9.10. The number of benzene rings is 3. The molecule has 0 saturated heterocycles. The number of aromatic nitrogens is 1. The van der Waals surface area contributed by atoms with Crippen LogP contribution in [0.25, 0.3) is 6.08 Å². The van der Waals surface area contributed by atoms with Crippen LogP contribution in [-0.2, 0) is 16.1 Å². The number of allylic oxidation sites excluding steroid dienone is 1. The van der Waals surface area contributed by atoms with E-state index in [1.807, 2.05) is 19.1 Å². The van der Waals surface area contributed by atoms with Crippen LogP contribution >= 0.6 is 27.3 Å². The number of ether oxygens (including phenoxy) is 4. The number of rotatable bonds is 11. The van der Waals surface area contributed by atoms with Gasteiger partial charge in [0.05, 0.1) is 51.6 Å². The number of esters is 1. The zero-order valence-electron chi connectivity index (χ0n) is 25.4. The van der Waals surface area contributed by atoms with E-state index in [0.717, 1.165) is 5.56 Å². The van der Waals surface area contributed by atoms with Crippen molar-refractivity contribution in [3.63, 3.8) is 0 Å². The first-order valence-corrected chi connectivity index (χ1v) is 15.9. The summed E-state index contributed by atoms with van der Waals surface area (Å²) in [5.41, 5.74) is 2.58. The van der Waals surface area contributed by atoms with Crippen LogP contribution in [0.15, 0.2) is 86.2 Å². The number of nitro benzene ring substituents is 1. The van der Waals surface area contributed by atoms with E-state index in [4.69, 9.17) is 18.9 Å². The van der Waals surface area contributed by atoms with Gasteiger partial charge in [0.1, 0.15) is 12.4 Å². The van der Waals surface area contributed by atoms with Crippen molar-refractivity contribution >= 4 is 45.0 Å². The second-order valence-electron chi connectivity index (χ2n) is 10.0. The molecule has 11 nitrogen and oxygen atoms in total. The molecule has 4 aromatic rings. The number of nitro groups is 1. The van der Waals surface area contributed by atoms with E-state index >= 15 is 0 Å². The normalized spacial score (nSPS) is 14.4. The Labute approximate surface area is 276 Å². The van der Waals surface area contributed by atoms with Gasteiger partial charge in [-0.05, 0) is 95.9 Å². The van der Waals surface area contributed by atoms with Gasteiger partial charge >= 0.3 is 5.97 Å². The molecule has 238 valence electrons. The molecule has 2 heterocycles. The zero-order valence-corrected chi connectivity index (χ0v) is 27.8. The molecule has 1 aliphatic rings. The van der Waals surface area contributed by atoms with Crippen molar-refractivity contribution in [2.24, 2.45) is 4.99 Å². The van der Waals surface area contributed by atoms with Gasteiger partial charge in [-0.25, -0.2) is 9.79 Å². The Morgan fingerprint density at radius 2 is 1.78 bits per heavy atom. The summed E-state index contributed by atoms with van der Waals surface area (Å²) in [5, 5.41) is 10.9. The zero-order chi connectivity index (χ0) is 33.0. The second kappa shape index (κ2) is 14.1. The van der Waals surface area contributed by atoms with Crippen molar-refractivity contribution in [1.29, 1.82) is 0 Å². The van der Waals surface area contributed by atoms with Crippen LogP contribution in [0.1, 0.15) is 43.5 Å². The summed E-state index contributed by atoms with van der Waals surface area (Å²) in [6.45, 7) is 6.05. The molecular formula is C33H30BrN3O8S. The minimum absolute atomic E-state index is 0.00357. The van der Waals surface area contributed by atoms with Crippen LogP contribution in [0.3, 0.4) is 0 Å². The van der Waals surface area contributed by atoms with Crippen molar-refractivity contribution in [3.8, 4) is 17.2 Å². The Kier molecular flexibility index (Phi) is 10.0. The van der Waals surface area contributed by atoms with Gasteiger partial charge in [0.2, 0.25) is 0 Å². The van der Waals surface area contributed by atoms with Gasteiger partial charge in [-0.15, -0.1) is 0 Å². The van der Waals surface area contributed by atoms with Gasteiger partial charge in [-0.1, -0.05) is 23.5 Å². The lowest BCUT2D eigenvalue weighted by molar-refractivity contribution is -0.384. The molecule has 3 aromatic carbocycles. The summed E-state index contributed by atoms with van der Waals surface area (Å²) in [6.07, 6.45) is 1.75.